The van der Waals surface area contributed by atoms with Crippen LogP contribution in [0.3, 0.4) is 0 Å². The minimum atomic E-state index is -3.89. The van der Waals surface area contributed by atoms with Crippen molar-refractivity contribution in [3.8, 4) is 0 Å². The van der Waals surface area contributed by atoms with Gasteiger partial charge in [0.1, 0.15) is 0 Å². The van der Waals surface area contributed by atoms with Gasteiger partial charge in [-0.2, -0.15) is 4.31 Å². The van der Waals surface area contributed by atoms with Crippen LogP contribution < -0.4 is 15.5 Å². The number of nitrogens with one attached hydrogen (secondary N) is 2. The Morgan fingerprint density at radius 2 is 1.72 bits per heavy atom. The van der Waals surface area contributed by atoms with Crippen LogP contribution in [0.2, 0.25) is 0 Å². The van der Waals surface area contributed by atoms with Gasteiger partial charge >= 0.3 is 0 Å². The molecule has 0 aliphatic carbocycles. The molecule has 3 N–H and O–H groups in total. The summed E-state index contributed by atoms with van der Waals surface area (Å²) >= 11 is 0. The average Bonchev–Trinajstić information content (AvgIpc) is 2.88. The number of carbonyl (C=O) groups excluding carboxylic acids is 1. The SMILES string of the molecule is CCCCCc1ccc(N2CCN(S(=O)(=O)C3(C(=O)NCC(O)OC)CCNCC3)CC2)cc1.Cl.Cl. The van der Waals surface area contributed by atoms with E-state index in [0.717, 1.165) is 12.1 Å². The molecule has 2 aliphatic heterocycles. The molecule has 1 aromatic carbocycles. The number of piperazine rings is 1. The number of aryl methyl sites for hydroxylation is 1. The number of aliphatic hydroxyl groups is 1. The summed E-state index contributed by atoms with van der Waals surface area (Å²) in [5, 5.41) is 15.4. The predicted octanol–water partition coefficient (Wildman–Crippen LogP) is 1.92. The first-order valence-electron chi connectivity index (χ1n) is 12.4. The lowest BCUT2D eigenvalue weighted by atomic mass is 9.96. The Hall–Kier alpha value is -1.14. The molecule has 1 aromatic rings. The standard InChI is InChI=1S/C24H40N4O5S.2ClH/c1-3-4-5-6-20-7-9-21(10-8-20)27-15-17-28(18-16-27)34(31,32)24(11-13-25-14-12-24)23(30)26-19-22(29)33-2;;/h7-10,22,25,29H,3-6,11-19H2,1-2H3,(H,26,30);2*1H. The topological polar surface area (TPSA) is 111 Å². The summed E-state index contributed by atoms with van der Waals surface area (Å²) in [4.78, 5) is 15.3. The summed E-state index contributed by atoms with van der Waals surface area (Å²) in [6.45, 7) is 4.78. The van der Waals surface area contributed by atoms with Crippen molar-refractivity contribution in [2.45, 2.75) is 56.5 Å². The van der Waals surface area contributed by atoms with E-state index < -0.39 is 27.0 Å². The molecule has 0 spiro atoms. The summed E-state index contributed by atoms with van der Waals surface area (Å²) in [5.41, 5.74) is 2.43. The lowest BCUT2D eigenvalue weighted by molar-refractivity contribution is -0.128. The van der Waals surface area contributed by atoms with E-state index in [-0.39, 0.29) is 44.2 Å². The second-order valence-electron chi connectivity index (χ2n) is 9.16. The Bertz CT molecular complexity index is 890. The number of methoxy groups -OCH3 is 1. The van der Waals surface area contributed by atoms with Gasteiger partial charge in [0.2, 0.25) is 15.9 Å². The fourth-order valence-corrected chi connectivity index (χ4v) is 6.91. The van der Waals surface area contributed by atoms with Crippen LogP contribution >= 0.6 is 24.8 Å². The number of benzene rings is 1. The van der Waals surface area contributed by atoms with E-state index in [4.69, 9.17) is 4.74 Å². The zero-order chi connectivity index (χ0) is 24.6. The van der Waals surface area contributed by atoms with Crippen molar-refractivity contribution >= 4 is 46.4 Å². The molecule has 2 fully saturated rings. The number of hydrogen-bond donors (Lipinski definition) is 3. The lowest BCUT2D eigenvalue weighted by Gasteiger charge is -2.42. The molecular formula is C24H42Cl2N4O5S. The highest BCUT2D eigenvalue weighted by Crippen LogP contribution is 2.33. The van der Waals surface area contributed by atoms with Crippen LogP contribution in [0.1, 0.15) is 44.6 Å². The van der Waals surface area contributed by atoms with Gasteiger partial charge in [0, 0.05) is 39.0 Å². The number of anilines is 1. The number of halogens is 2. The van der Waals surface area contributed by atoms with Crippen molar-refractivity contribution in [2.24, 2.45) is 0 Å². The maximum Gasteiger partial charge on any atom is 0.243 e. The highest BCUT2D eigenvalue weighted by atomic mass is 35.5. The van der Waals surface area contributed by atoms with Crippen LogP contribution in [0.5, 0.6) is 0 Å². The number of unbranched alkanes of at least 4 members (excludes halogenated alkanes) is 2. The van der Waals surface area contributed by atoms with Crippen LogP contribution in [0.25, 0.3) is 0 Å². The number of ether oxygens (including phenoxy) is 1. The molecule has 0 aromatic heterocycles. The Balaban J connectivity index is 0.00000324. The van der Waals surface area contributed by atoms with Gasteiger partial charge in [-0.1, -0.05) is 31.9 Å². The van der Waals surface area contributed by atoms with E-state index >= 15 is 0 Å². The van der Waals surface area contributed by atoms with Gasteiger partial charge in [0.25, 0.3) is 0 Å². The summed E-state index contributed by atoms with van der Waals surface area (Å²) in [6.07, 6.45) is 3.95. The fraction of sp³-hybridized carbons (Fsp3) is 0.708. The van der Waals surface area contributed by atoms with Crippen molar-refractivity contribution < 1.29 is 23.1 Å². The predicted molar refractivity (Wildman–Crippen MR) is 148 cm³/mol. The molecule has 2 heterocycles. The van der Waals surface area contributed by atoms with Gasteiger partial charge in [-0.05, 0) is 56.5 Å². The Labute approximate surface area is 228 Å². The van der Waals surface area contributed by atoms with Crippen LogP contribution in [0.15, 0.2) is 24.3 Å². The van der Waals surface area contributed by atoms with Gasteiger partial charge in [-0.15, -0.1) is 24.8 Å². The second kappa shape index (κ2) is 15.3. The molecule has 36 heavy (non-hydrogen) atoms. The molecule has 1 atom stereocenters. The first-order chi connectivity index (χ1) is 16.3. The average molecular weight is 570 g/mol. The Morgan fingerprint density at radius 1 is 1.11 bits per heavy atom. The number of piperidine rings is 1. The number of aliphatic hydroxyl groups excluding tert-OH is 1. The molecule has 1 unspecified atom stereocenters. The van der Waals surface area contributed by atoms with Crippen molar-refractivity contribution in [1.82, 2.24) is 14.9 Å². The van der Waals surface area contributed by atoms with E-state index in [1.165, 1.54) is 36.2 Å². The molecule has 9 nitrogen and oxygen atoms in total. The highest BCUT2D eigenvalue weighted by molar-refractivity contribution is 7.91. The van der Waals surface area contributed by atoms with Crippen molar-refractivity contribution in [2.75, 3.05) is 57.8 Å². The maximum absolute atomic E-state index is 13.8. The first kappa shape index (κ1) is 32.9. The molecule has 3 rings (SSSR count). The second-order valence-corrected chi connectivity index (χ2v) is 11.4. The van der Waals surface area contributed by atoms with Crippen molar-refractivity contribution in [3.05, 3.63) is 29.8 Å². The molecule has 208 valence electrons. The van der Waals surface area contributed by atoms with Crippen LogP contribution in [-0.4, -0.2) is 87.7 Å². The number of hydrogen-bond acceptors (Lipinski definition) is 7. The van der Waals surface area contributed by atoms with Crippen LogP contribution in [0, 0.1) is 0 Å². The van der Waals surface area contributed by atoms with Crippen molar-refractivity contribution in [3.63, 3.8) is 0 Å². The van der Waals surface area contributed by atoms with Crippen LogP contribution in [-0.2, 0) is 26.0 Å². The quantitative estimate of drug-likeness (QED) is 0.276. The van der Waals surface area contributed by atoms with E-state index in [2.05, 4.69) is 46.7 Å². The summed E-state index contributed by atoms with van der Waals surface area (Å²) in [7, 11) is -2.57. The summed E-state index contributed by atoms with van der Waals surface area (Å²) in [6, 6.07) is 8.57. The van der Waals surface area contributed by atoms with Gasteiger partial charge in [-0.25, -0.2) is 8.42 Å². The normalized spacial score (nSPS) is 19.0. The minimum Gasteiger partial charge on any atom is -0.369 e. The Morgan fingerprint density at radius 3 is 2.28 bits per heavy atom. The van der Waals surface area contributed by atoms with Crippen LogP contribution in [0.4, 0.5) is 5.69 Å². The lowest BCUT2D eigenvalue weighted by Crippen LogP contribution is -2.64. The fourth-order valence-electron chi connectivity index (χ4n) is 4.74. The molecular weight excluding hydrogens is 527 g/mol. The third-order valence-corrected chi connectivity index (χ3v) is 9.60. The largest absolute Gasteiger partial charge is 0.369 e. The summed E-state index contributed by atoms with van der Waals surface area (Å²) in [5.74, 6) is -0.564. The molecule has 0 saturated carbocycles. The van der Waals surface area contributed by atoms with Crippen molar-refractivity contribution in [1.29, 1.82) is 0 Å². The summed E-state index contributed by atoms with van der Waals surface area (Å²) < 4.78 is 32.2. The zero-order valence-electron chi connectivity index (χ0n) is 21.3. The monoisotopic (exact) mass is 568 g/mol. The number of nitrogens with zero attached hydrogens (tertiary/aromatic N) is 2. The minimum absolute atomic E-state index is 0. The van der Waals surface area contributed by atoms with E-state index in [0.29, 0.717) is 39.3 Å². The smallest absolute Gasteiger partial charge is 0.243 e. The number of rotatable bonds is 11. The van der Waals surface area contributed by atoms with Gasteiger partial charge in [0.05, 0.1) is 6.54 Å². The number of amides is 1. The zero-order valence-corrected chi connectivity index (χ0v) is 23.7. The van der Waals surface area contributed by atoms with Gasteiger partial charge < -0.3 is 25.4 Å². The Kier molecular flexibility index (Phi) is 14.0. The third-order valence-electron chi connectivity index (χ3n) is 6.98. The molecule has 2 saturated heterocycles. The maximum atomic E-state index is 13.8. The molecule has 0 bridgehead atoms. The van der Waals surface area contributed by atoms with Gasteiger partial charge in [-0.3, -0.25) is 4.79 Å². The van der Waals surface area contributed by atoms with E-state index in [1.807, 2.05) is 0 Å². The number of sulfonamides is 1. The molecule has 12 heteroatoms. The third kappa shape index (κ3) is 7.69. The van der Waals surface area contributed by atoms with E-state index in [1.54, 1.807) is 0 Å². The molecule has 2 aliphatic rings. The van der Waals surface area contributed by atoms with Gasteiger partial charge in [0.15, 0.2) is 11.0 Å². The highest BCUT2D eigenvalue weighted by Gasteiger charge is 2.54. The molecule has 1 amide bonds. The number of carbonyl (C=O) groups is 1. The van der Waals surface area contributed by atoms with E-state index in [9.17, 15) is 18.3 Å². The molecule has 0 radical (unpaired) electrons. The first-order valence-corrected chi connectivity index (χ1v) is 13.8.